The number of nitrogens with one attached hydrogen (secondary N) is 1. The topological polar surface area (TPSA) is 66.8 Å². The van der Waals surface area contributed by atoms with Gasteiger partial charge < -0.3 is 14.5 Å². The van der Waals surface area contributed by atoms with E-state index >= 15 is 0 Å². The van der Waals surface area contributed by atoms with Gasteiger partial charge in [-0.2, -0.15) is 13.2 Å². The minimum absolute atomic E-state index is 0.209. The molecular weight excluding hydrogens is 431 g/mol. The maximum Gasteiger partial charge on any atom is 0.416 e. The average Bonchev–Trinajstić information content (AvgIpc) is 3.47. The molecular formula is C24H24F3N5O. The smallest absolute Gasteiger partial charge is 0.340 e. The SMILES string of the molecule is CCC(c1nc2ccccc2[nH]1)N(CCCn1ccnc1)C(=O)c1ccc(C(F)(F)F)cc1. The number of nitrogens with zero attached hydrogens (tertiary/aromatic N) is 4. The lowest BCUT2D eigenvalue weighted by Gasteiger charge is -2.30. The van der Waals surface area contributed by atoms with Crippen LogP contribution in [0, 0.1) is 0 Å². The van der Waals surface area contributed by atoms with E-state index in [1.807, 2.05) is 42.0 Å². The predicted octanol–water partition coefficient (Wildman–Crippen LogP) is 5.46. The third kappa shape index (κ3) is 5.08. The lowest BCUT2D eigenvalue weighted by Crippen LogP contribution is -2.36. The number of rotatable bonds is 8. The molecule has 33 heavy (non-hydrogen) atoms. The first kappa shape index (κ1) is 22.6. The second-order valence-electron chi connectivity index (χ2n) is 7.79. The van der Waals surface area contributed by atoms with Crippen LogP contribution in [-0.2, 0) is 12.7 Å². The fourth-order valence-electron chi connectivity index (χ4n) is 3.90. The maximum atomic E-state index is 13.5. The van der Waals surface area contributed by atoms with E-state index in [1.165, 1.54) is 12.1 Å². The number of carbonyl (C=O) groups excluding carboxylic acids is 1. The summed E-state index contributed by atoms with van der Waals surface area (Å²) >= 11 is 0. The van der Waals surface area contributed by atoms with Crippen molar-refractivity contribution in [2.24, 2.45) is 0 Å². The average molecular weight is 455 g/mol. The van der Waals surface area contributed by atoms with E-state index in [1.54, 1.807) is 17.4 Å². The van der Waals surface area contributed by atoms with Crippen molar-refractivity contribution in [3.05, 3.63) is 84.2 Å². The molecule has 4 rings (SSSR count). The van der Waals surface area contributed by atoms with Gasteiger partial charge in [-0.25, -0.2) is 9.97 Å². The van der Waals surface area contributed by atoms with Gasteiger partial charge in [0.25, 0.3) is 5.91 Å². The number of fused-ring (bicyclic) bond motifs is 1. The fourth-order valence-corrected chi connectivity index (χ4v) is 3.90. The molecule has 172 valence electrons. The molecule has 0 bridgehead atoms. The number of amides is 1. The molecule has 0 radical (unpaired) electrons. The van der Waals surface area contributed by atoms with Gasteiger partial charge >= 0.3 is 6.18 Å². The standard InChI is InChI=1S/C24H24F3N5O/c1-2-21(22-29-19-6-3-4-7-20(19)30-22)32(14-5-13-31-15-12-28-16-31)23(33)17-8-10-18(11-9-17)24(25,26)27/h3-4,6-12,15-16,21H,2,5,13-14H2,1H3,(H,29,30). The van der Waals surface area contributed by atoms with Crippen molar-refractivity contribution in [1.82, 2.24) is 24.4 Å². The Kier molecular flexibility index (Phi) is 6.48. The normalized spacial score (nSPS) is 12.7. The lowest BCUT2D eigenvalue weighted by atomic mass is 10.1. The van der Waals surface area contributed by atoms with Crippen LogP contribution < -0.4 is 0 Å². The van der Waals surface area contributed by atoms with Gasteiger partial charge in [0.05, 0.1) is 29.0 Å². The summed E-state index contributed by atoms with van der Waals surface area (Å²) in [7, 11) is 0. The zero-order valence-corrected chi connectivity index (χ0v) is 18.1. The van der Waals surface area contributed by atoms with Gasteiger partial charge in [0.15, 0.2) is 0 Å². The number of aryl methyl sites for hydroxylation is 1. The van der Waals surface area contributed by atoms with Crippen molar-refractivity contribution in [2.45, 2.75) is 38.5 Å². The summed E-state index contributed by atoms with van der Waals surface area (Å²) in [6, 6.07) is 11.6. The van der Waals surface area contributed by atoms with E-state index in [4.69, 9.17) is 0 Å². The highest BCUT2D eigenvalue weighted by Crippen LogP contribution is 2.30. The van der Waals surface area contributed by atoms with Crippen LogP contribution in [-0.4, -0.2) is 36.9 Å². The van der Waals surface area contributed by atoms with Gasteiger partial charge in [-0.3, -0.25) is 4.79 Å². The number of H-pyrrole nitrogens is 1. The zero-order chi connectivity index (χ0) is 23.4. The van der Waals surface area contributed by atoms with Crippen molar-refractivity contribution in [2.75, 3.05) is 6.54 Å². The van der Waals surface area contributed by atoms with E-state index < -0.39 is 11.7 Å². The van der Waals surface area contributed by atoms with Gasteiger partial charge in [-0.05, 0) is 49.2 Å². The fraction of sp³-hybridized carbons (Fsp3) is 0.292. The summed E-state index contributed by atoms with van der Waals surface area (Å²) in [4.78, 5) is 27.2. The van der Waals surface area contributed by atoms with Crippen molar-refractivity contribution < 1.29 is 18.0 Å². The van der Waals surface area contributed by atoms with Gasteiger partial charge in [0, 0.05) is 31.0 Å². The first-order valence-electron chi connectivity index (χ1n) is 10.8. The lowest BCUT2D eigenvalue weighted by molar-refractivity contribution is -0.137. The number of para-hydroxylation sites is 2. The minimum Gasteiger partial charge on any atom is -0.340 e. The first-order chi connectivity index (χ1) is 15.9. The van der Waals surface area contributed by atoms with Crippen molar-refractivity contribution in [1.29, 1.82) is 0 Å². The number of aromatic nitrogens is 4. The summed E-state index contributed by atoms with van der Waals surface area (Å²) in [6.07, 6.45) is 2.04. The number of carbonyl (C=O) groups is 1. The number of imidazole rings is 2. The van der Waals surface area contributed by atoms with Gasteiger partial charge in [0.2, 0.25) is 0 Å². The minimum atomic E-state index is -4.45. The number of hydrogen-bond donors (Lipinski definition) is 1. The predicted molar refractivity (Wildman–Crippen MR) is 118 cm³/mol. The van der Waals surface area contributed by atoms with E-state index in [0.29, 0.717) is 31.8 Å². The Morgan fingerprint density at radius 3 is 2.55 bits per heavy atom. The molecule has 0 aliphatic carbocycles. The molecule has 0 spiro atoms. The second-order valence-corrected chi connectivity index (χ2v) is 7.79. The first-order valence-corrected chi connectivity index (χ1v) is 10.8. The van der Waals surface area contributed by atoms with Crippen LogP contribution in [0.4, 0.5) is 13.2 Å². The molecule has 2 aromatic carbocycles. The monoisotopic (exact) mass is 455 g/mol. The Morgan fingerprint density at radius 1 is 1.15 bits per heavy atom. The quantitative estimate of drug-likeness (QED) is 0.384. The summed E-state index contributed by atoms with van der Waals surface area (Å²) in [5, 5.41) is 0. The van der Waals surface area contributed by atoms with E-state index in [0.717, 1.165) is 23.2 Å². The number of alkyl halides is 3. The van der Waals surface area contributed by atoms with Crippen LogP contribution in [0.3, 0.4) is 0 Å². The number of benzene rings is 2. The Labute approximate surface area is 189 Å². The Morgan fingerprint density at radius 2 is 1.91 bits per heavy atom. The maximum absolute atomic E-state index is 13.5. The van der Waals surface area contributed by atoms with Gasteiger partial charge in [-0.1, -0.05) is 19.1 Å². The number of hydrogen-bond acceptors (Lipinski definition) is 3. The molecule has 1 atom stereocenters. The van der Waals surface area contributed by atoms with Crippen LogP contribution in [0.1, 0.15) is 47.6 Å². The Balaban J connectivity index is 1.62. The summed E-state index contributed by atoms with van der Waals surface area (Å²) in [6.45, 7) is 3.03. The molecule has 6 nitrogen and oxygen atoms in total. The second kappa shape index (κ2) is 9.48. The number of halogens is 3. The molecule has 1 N–H and O–H groups in total. The highest BCUT2D eigenvalue weighted by molar-refractivity contribution is 5.94. The highest BCUT2D eigenvalue weighted by atomic mass is 19.4. The molecule has 4 aromatic rings. The van der Waals surface area contributed by atoms with E-state index in [9.17, 15) is 18.0 Å². The third-order valence-electron chi connectivity index (χ3n) is 5.58. The molecule has 0 aliphatic heterocycles. The summed E-state index contributed by atoms with van der Waals surface area (Å²) in [5.41, 5.74) is 1.09. The molecule has 0 saturated carbocycles. The van der Waals surface area contributed by atoms with Crippen molar-refractivity contribution in [3.8, 4) is 0 Å². The van der Waals surface area contributed by atoms with Crippen LogP contribution in [0.2, 0.25) is 0 Å². The molecule has 2 heterocycles. The molecule has 0 saturated heterocycles. The summed E-state index contributed by atoms with van der Waals surface area (Å²) in [5.74, 6) is 0.322. The van der Waals surface area contributed by atoms with Crippen LogP contribution in [0.5, 0.6) is 0 Å². The molecule has 1 unspecified atom stereocenters. The Hall–Kier alpha value is -3.62. The molecule has 0 fully saturated rings. The largest absolute Gasteiger partial charge is 0.416 e. The molecule has 0 aliphatic rings. The van der Waals surface area contributed by atoms with Crippen molar-refractivity contribution in [3.63, 3.8) is 0 Å². The summed E-state index contributed by atoms with van der Waals surface area (Å²) < 4.78 is 40.8. The van der Waals surface area contributed by atoms with Crippen LogP contribution >= 0.6 is 0 Å². The van der Waals surface area contributed by atoms with Crippen LogP contribution in [0.25, 0.3) is 11.0 Å². The van der Waals surface area contributed by atoms with Gasteiger partial charge in [0.1, 0.15) is 5.82 Å². The third-order valence-corrected chi connectivity index (χ3v) is 5.58. The molecule has 1 amide bonds. The highest BCUT2D eigenvalue weighted by Gasteiger charge is 2.31. The van der Waals surface area contributed by atoms with E-state index in [2.05, 4.69) is 15.0 Å². The molecule has 9 heteroatoms. The van der Waals surface area contributed by atoms with Crippen LogP contribution in [0.15, 0.2) is 67.3 Å². The van der Waals surface area contributed by atoms with E-state index in [-0.39, 0.29) is 17.5 Å². The number of aromatic amines is 1. The zero-order valence-electron chi connectivity index (χ0n) is 18.1. The molecule has 2 aromatic heterocycles. The van der Waals surface area contributed by atoms with Gasteiger partial charge in [-0.15, -0.1) is 0 Å². The Bertz CT molecular complexity index is 1170. The van der Waals surface area contributed by atoms with Crippen molar-refractivity contribution >= 4 is 16.9 Å².